The first-order valence-electron chi connectivity index (χ1n) is 13.4. The summed E-state index contributed by atoms with van der Waals surface area (Å²) in [6, 6.07) is 17.2. The zero-order valence-electron chi connectivity index (χ0n) is 21.8. The lowest BCUT2D eigenvalue weighted by Gasteiger charge is -2.34. The van der Waals surface area contributed by atoms with Crippen molar-refractivity contribution < 1.29 is 5.11 Å². The Hall–Kier alpha value is -3.16. The van der Waals surface area contributed by atoms with Crippen LogP contribution in [0.4, 0.5) is 5.69 Å². The molecule has 0 saturated carbocycles. The van der Waals surface area contributed by atoms with E-state index in [9.17, 15) is 5.11 Å². The molecule has 1 unspecified atom stereocenters. The van der Waals surface area contributed by atoms with E-state index in [4.69, 9.17) is 11.6 Å². The van der Waals surface area contributed by atoms with E-state index in [1.165, 1.54) is 11.1 Å². The van der Waals surface area contributed by atoms with Gasteiger partial charge >= 0.3 is 0 Å². The van der Waals surface area contributed by atoms with Crippen molar-refractivity contribution >= 4 is 28.3 Å². The predicted octanol–water partition coefficient (Wildman–Crippen LogP) is 5.55. The van der Waals surface area contributed by atoms with Gasteiger partial charge in [-0.05, 0) is 66.4 Å². The maximum atomic E-state index is 10.6. The number of hydrogen-bond donors (Lipinski definition) is 2. The molecule has 2 N–H and O–H groups in total. The van der Waals surface area contributed by atoms with Crippen molar-refractivity contribution in [2.24, 2.45) is 0 Å². The molecular weight excluding hydrogens is 494 g/mol. The molecule has 2 aromatic carbocycles. The number of nitrogens with one attached hydrogen (secondary N) is 1. The Balaban J connectivity index is 1.45. The molecule has 1 atom stereocenters. The van der Waals surface area contributed by atoms with E-state index >= 15 is 0 Å². The van der Waals surface area contributed by atoms with E-state index in [1.54, 1.807) is 12.3 Å². The minimum atomic E-state index is -0.719. The number of aliphatic hydroxyl groups excluding tert-OH is 1. The average Bonchev–Trinajstić information content (AvgIpc) is 3.34. The van der Waals surface area contributed by atoms with Gasteiger partial charge in [-0.25, -0.2) is 4.98 Å². The first kappa shape index (κ1) is 25.1. The van der Waals surface area contributed by atoms with Crippen LogP contribution >= 0.6 is 11.6 Å². The molecule has 38 heavy (non-hydrogen) atoms. The number of halogens is 1. The third kappa shape index (κ3) is 4.74. The number of aromatic nitrogens is 2. The number of pyridine rings is 1. The van der Waals surface area contributed by atoms with Crippen LogP contribution in [0.25, 0.3) is 33.4 Å². The molecule has 0 spiro atoms. The molecular formula is C31H34ClN5O. The van der Waals surface area contributed by atoms with Crippen LogP contribution in [-0.2, 0) is 13.0 Å². The fourth-order valence-corrected chi connectivity index (χ4v) is 6.07. The standard InChI is InChI=1S/C31H34ClN5O/c1-3-27(38)37-13-5-8-22-9-10-23(19-26(22)37)28-29-25(32)11-12-33-31(29)34-30(28)24-7-4-6-21(18-24)20-36-16-14-35(2)15-17-36/h3-4,6-7,9-12,18-19,27,38H,1,5,8,13-17,20H2,2H3,(H,33,34). The predicted molar refractivity (Wildman–Crippen MR) is 157 cm³/mol. The lowest BCUT2D eigenvalue weighted by atomic mass is 9.93. The molecule has 0 aliphatic carbocycles. The molecule has 0 amide bonds. The van der Waals surface area contributed by atoms with Gasteiger partial charge in [-0.3, -0.25) is 4.90 Å². The molecule has 1 fully saturated rings. The van der Waals surface area contributed by atoms with Crippen LogP contribution in [0, 0.1) is 0 Å². The maximum Gasteiger partial charge on any atom is 0.145 e. The molecule has 0 bridgehead atoms. The number of rotatable bonds is 6. The monoisotopic (exact) mass is 527 g/mol. The maximum absolute atomic E-state index is 10.6. The summed E-state index contributed by atoms with van der Waals surface area (Å²) >= 11 is 6.80. The second-order valence-corrected chi connectivity index (χ2v) is 10.9. The highest BCUT2D eigenvalue weighted by molar-refractivity contribution is 6.36. The second kappa shape index (κ2) is 10.5. The van der Waals surface area contributed by atoms with Crippen molar-refractivity contribution in [1.29, 1.82) is 0 Å². The number of hydrogen-bond acceptors (Lipinski definition) is 5. The molecule has 6 rings (SSSR count). The van der Waals surface area contributed by atoms with Gasteiger partial charge in [-0.15, -0.1) is 0 Å². The van der Waals surface area contributed by atoms with E-state index in [2.05, 4.69) is 75.9 Å². The SMILES string of the molecule is C=CC(O)N1CCCc2ccc(-c3c(-c4cccc(CN5CCN(C)CC5)c4)[nH]c4nccc(Cl)c34)cc21. The third-order valence-electron chi connectivity index (χ3n) is 7.92. The number of piperazine rings is 1. The molecule has 4 heterocycles. The summed E-state index contributed by atoms with van der Waals surface area (Å²) in [5, 5.41) is 12.2. The molecule has 196 valence electrons. The third-order valence-corrected chi connectivity index (χ3v) is 8.23. The van der Waals surface area contributed by atoms with Crippen LogP contribution in [-0.4, -0.2) is 70.9 Å². The summed E-state index contributed by atoms with van der Waals surface area (Å²) in [6.07, 6.45) is 4.61. The summed E-state index contributed by atoms with van der Waals surface area (Å²) in [5.41, 5.74) is 8.55. The molecule has 0 radical (unpaired) electrons. The first-order chi connectivity index (χ1) is 18.5. The van der Waals surface area contributed by atoms with E-state index < -0.39 is 6.23 Å². The van der Waals surface area contributed by atoms with E-state index in [1.807, 2.05) is 11.0 Å². The van der Waals surface area contributed by atoms with Gasteiger partial charge in [0.2, 0.25) is 0 Å². The van der Waals surface area contributed by atoms with Crippen molar-refractivity contribution in [3.8, 4) is 22.4 Å². The summed E-state index contributed by atoms with van der Waals surface area (Å²) in [6.45, 7) is 9.91. The fraction of sp³-hybridized carbons (Fsp3) is 0.323. The number of nitrogens with zero attached hydrogens (tertiary/aromatic N) is 4. The van der Waals surface area contributed by atoms with Crippen molar-refractivity contribution in [3.63, 3.8) is 0 Å². The highest BCUT2D eigenvalue weighted by atomic mass is 35.5. The van der Waals surface area contributed by atoms with Gasteiger partial charge in [0.25, 0.3) is 0 Å². The van der Waals surface area contributed by atoms with E-state index in [-0.39, 0.29) is 0 Å². The van der Waals surface area contributed by atoms with E-state index in [0.717, 1.165) is 91.2 Å². The van der Waals surface area contributed by atoms with Crippen molar-refractivity contribution in [1.82, 2.24) is 19.8 Å². The number of likely N-dealkylation sites (N-methyl/N-ethyl adjacent to an activating group) is 1. The number of fused-ring (bicyclic) bond motifs is 2. The Morgan fingerprint density at radius 2 is 1.92 bits per heavy atom. The second-order valence-electron chi connectivity index (χ2n) is 10.5. The zero-order valence-corrected chi connectivity index (χ0v) is 22.6. The van der Waals surface area contributed by atoms with Crippen LogP contribution in [0.2, 0.25) is 5.02 Å². The number of benzene rings is 2. The quantitative estimate of drug-likeness (QED) is 0.322. The van der Waals surface area contributed by atoms with Gasteiger partial charge in [0.1, 0.15) is 11.9 Å². The Morgan fingerprint density at radius 1 is 1.08 bits per heavy atom. The van der Waals surface area contributed by atoms with E-state index in [0.29, 0.717) is 5.02 Å². The Morgan fingerprint density at radius 3 is 2.74 bits per heavy atom. The summed E-state index contributed by atoms with van der Waals surface area (Å²) < 4.78 is 0. The molecule has 2 aliphatic heterocycles. The summed E-state index contributed by atoms with van der Waals surface area (Å²) in [7, 11) is 2.19. The van der Waals surface area contributed by atoms with Gasteiger partial charge < -0.3 is 19.9 Å². The highest BCUT2D eigenvalue weighted by Crippen LogP contribution is 2.43. The van der Waals surface area contributed by atoms with Crippen molar-refractivity contribution in [2.75, 3.05) is 44.7 Å². The largest absolute Gasteiger partial charge is 0.370 e. The molecule has 2 aliphatic rings. The van der Waals surface area contributed by atoms with Crippen LogP contribution in [0.5, 0.6) is 0 Å². The zero-order chi connectivity index (χ0) is 26.2. The summed E-state index contributed by atoms with van der Waals surface area (Å²) in [4.78, 5) is 15.1. The average molecular weight is 528 g/mol. The lowest BCUT2D eigenvalue weighted by molar-refractivity contribution is 0.148. The van der Waals surface area contributed by atoms with Crippen LogP contribution in [0.1, 0.15) is 17.5 Å². The van der Waals surface area contributed by atoms with Gasteiger partial charge in [0.05, 0.1) is 10.7 Å². The van der Waals surface area contributed by atoms with Crippen LogP contribution in [0.3, 0.4) is 0 Å². The molecule has 2 aromatic heterocycles. The molecule has 4 aromatic rings. The number of aromatic amines is 1. The fourth-order valence-electron chi connectivity index (χ4n) is 5.83. The highest BCUT2D eigenvalue weighted by Gasteiger charge is 2.24. The Kier molecular flexibility index (Phi) is 6.97. The normalized spacial score (nSPS) is 17.5. The van der Waals surface area contributed by atoms with Gasteiger partial charge in [0, 0.05) is 62.1 Å². The van der Waals surface area contributed by atoms with Crippen LogP contribution < -0.4 is 4.90 Å². The number of H-pyrrole nitrogens is 1. The van der Waals surface area contributed by atoms with Gasteiger partial charge in [0.15, 0.2) is 0 Å². The van der Waals surface area contributed by atoms with Crippen molar-refractivity contribution in [2.45, 2.75) is 25.6 Å². The van der Waals surface area contributed by atoms with Gasteiger partial charge in [-0.1, -0.05) is 48.5 Å². The topological polar surface area (TPSA) is 58.6 Å². The minimum Gasteiger partial charge on any atom is -0.370 e. The Bertz CT molecular complexity index is 1470. The number of aliphatic hydroxyl groups is 1. The minimum absolute atomic E-state index is 0.668. The molecule has 6 nitrogen and oxygen atoms in total. The molecule has 1 saturated heterocycles. The smallest absolute Gasteiger partial charge is 0.145 e. The van der Waals surface area contributed by atoms with Gasteiger partial charge in [-0.2, -0.15) is 0 Å². The van der Waals surface area contributed by atoms with Crippen LogP contribution in [0.15, 0.2) is 67.4 Å². The number of aryl methyl sites for hydroxylation is 1. The lowest BCUT2D eigenvalue weighted by Crippen LogP contribution is -2.43. The first-order valence-corrected chi connectivity index (χ1v) is 13.8. The molecule has 7 heteroatoms. The Labute approximate surface area is 229 Å². The van der Waals surface area contributed by atoms with Crippen molar-refractivity contribution in [3.05, 3.63) is 83.5 Å². The number of anilines is 1. The summed E-state index contributed by atoms with van der Waals surface area (Å²) in [5.74, 6) is 0.